The third kappa shape index (κ3) is 4.57. The Hall–Kier alpha value is -2.51. The monoisotopic (exact) mass is 479 g/mol. The molecule has 0 bridgehead atoms. The maximum absolute atomic E-state index is 13.4. The fraction of sp³-hybridized carbons (Fsp3) is 0.136. The molecule has 3 aromatic carbocycles. The van der Waals surface area contributed by atoms with E-state index in [1.807, 2.05) is 0 Å². The van der Waals surface area contributed by atoms with Crippen LogP contribution in [-0.4, -0.2) is 17.4 Å². The predicted octanol–water partition coefficient (Wildman–Crippen LogP) is 6.06. The Kier molecular flexibility index (Phi) is 6.25. The molecule has 0 radical (unpaired) electrons. The molecule has 1 amide bonds. The first kappa shape index (κ1) is 21.7. The maximum Gasteiger partial charge on any atom is 0.254 e. The third-order valence-electron chi connectivity index (χ3n) is 4.99. The van der Waals surface area contributed by atoms with Crippen molar-refractivity contribution in [1.29, 1.82) is 0 Å². The first-order chi connectivity index (χ1) is 14.9. The van der Waals surface area contributed by atoms with Crippen LogP contribution >= 0.6 is 34.8 Å². The molecule has 0 aromatic heterocycles. The lowest BCUT2D eigenvalue weighted by atomic mass is 9.98. The Morgan fingerprint density at radius 3 is 2.45 bits per heavy atom. The molecule has 0 saturated carbocycles. The van der Waals surface area contributed by atoms with Crippen molar-refractivity contribution in [3.63, 3.8) is 0 Å². The Bertz CT molecular complexity index is 1150. The van der Waals surface area contributed by atoms with E-state index in [0.717, 1.165) is 11.1 Å². The number of rotatable bonds is 5. The fourth-order valence-corrected chi connectivity index (χ4v) is 4.21. The van der Waals surface area contributed by atoms with Gasteiger partial charge in [0.1, 0.15) is 11.6 Å². The van der Waals surface area contributed by atoms with E-state index in [1.54, 1.807) is 41.3 Å². The summed E-state index contributed by atoms with van der Waals surface area (Å²) in [6.45, 7) is 0.867. The number of halogens is 4. The lowest BCUT2D eigenvalue weighted by Gasteiger charge is -2.29. The van der Waals surface area contributed by atoms with Gasteiger partial charge in [0.25, 0.3) is 5.91 Å². The van der Waals surface area contributed by atoms with Crippen LogP contribution in [-0.2, 0) is 13.0 Å². The van der Waals surface area contributed by atoms with Crippen molar-refractivity contribution in [2.75, 3.05) is 12.0 Å². The quantitative estimate of drug-likeness (QED) is 0.344. The lowest BCUT2D eigenvalue weighted by molar-refractivity contribution is 0.0727. The number of ether oxygens (including phenoxy) is 1. The largest absolute Gasteiger partial charge is 0.454 e. The first-order valence-electron chi connectivity index (χ1n) is 9.35. The van der Waals surface area contributed by atoms with Gasteiger partial charge in [-0.3, -0.25) is 10.6 Å². The molecule has 0 saturated heterocycles. The molecule has 160 valence electrons. The minimum absolute atomic E-state index is 0.0387. The Morgan fingerprint density at radius 1 is 1.03 bits per heavy atom. The minimum Gasteiger partial charge on any atom is -0.454 e. The molecule has 4 rings (SSSR count). The molecular weight excluding hydrogens is 464 g/mol. The molecule has 1 aliphatic rings. The number of hydrogen-bond donors (Lipinski definition) is 2. The van der Waals surface area contributed by atoms with E-state index in [-0.39, 0.29) is 10.9 Å². The van der Waals surface area contributed by atoms with Gasteiger partial charge >= 0.3 is 0 Å². The van der Waals surface area contributed by atoms with Gasteiger partial charge in [0.15, 0.2) is 5.75 Å². The van der Waals surface area contributed by atoms with E-state index < -0.39 is 5.82 Å². The zero-order chi connectivity index (χ0) is 22.1. The van der Waals surface area contributed by atoms with E-state index in [1.165, 1.54) is 12.1 Å². The molecule has 1 aliphatic heterocycles. The molecule has 3 N–H and O–H groups in total. The lowest BCUT2D eigenvalue weighted by Crippen LogP contribution is -2.37. The maximum atomic E-state index is 13.4. The summed E-state index contributed by atoms with van der Waals surface area (Å²) in [6.07, 6.45) is 0.644. The zero-order valence-electron chi connectivity index (χ0n) is 16.1. The summed E-state index contributed by atoms with van der Waals surface area (Å²) in [5.74, 6) is 5.61. The van der Waals surface area contributed by atoms with Crippen LogP contribution in [0.2, 0.25) is 15.1 Å². The van der Waals surface area contributed by atoms with Crippen molar-refractivity contribution in [3.05, 3.63) is 86.1 Å². The van der Waals surface area contributed by atoms with Crippen LogP contribution in [0.15, 0.2) is 48.5 Å². The van der Waals surface area contributed by atoms with E-state index in [0.29, 0.717) is 52.3 Å². The number of anilines is 1. The molecule has 0 aliphatic carbocycles. The highest BCUT2D eigenvalue weighted by Gasteiger charge is 2.25. The standard InChI is InChI=1S/C22H17Cl3FN3O2/c23-17-7-12(1-4-20(17)26)11-29-6-5-13-8-15(2-3-16(13)22(29)30)31-21-18(24)9-14(28-27)10-19(21)25/h1-4,7-10,28H,5-6,11,27H2. The van der Waals surface area contributed by atoms with Crippen molar-refractivity contribution < 1.29 is 13.9 Å². The normalized spacial score (nSPS) is 13.2. The fourth-order valence-electron chi connectivity index (χ4n) is 3.44. The van der Waals surface area contributed by atoms with Crippen molar-refractivity contribution in [2.24, 2.45) is 5.84 Å². The van der Waals surface area contributed by atoms with Crippen LogP contribution in [0.3, 0.4) is 0 Å². The second-order valence-electron chi connectivity index (χ2n) is 7.06. The van der Waals surface area contributed by atoms with Gasteiger partial charge in [0.2, 0.25) is 0 Å². The smallest absolute Gasteiger partial charge is 0.254 e. The number of hydrazine groups is 1. The number of fused-ring (bicyclic) bond motifs is 1. The van der Waals surface area contributed by atoms with Gasteiger partial charge < -0.3 is 15.1 Å². The first-order valence-corrected chi connectivity index (χ1v) is 10.5. The van der Waals surface area contributed by atoms with Crippen LogP contribution in [0.1, 0.15) is 21.5 Å². The molecule has 0 fully saturated rings. The second-order valence-corrected chi connectivity index (χ2v) is 8.28. The summed E-state index contributed by atoms with van der Waals surface area (Å²) in [7, 11) is 0. The number of nitrogens with two attached hydrogens (primary N) is 1. The molecule has 31 heavy (non-hydrogen) atoms. The molecule has 0 atom stereocenters. The minimum atomic E-state index is -0.484. The Labute approximate surface area is 193 Å². The highest BCUT2D eigenvalue weighted by Crippen LogP contribution is 2.39. The van der Waals surface area contributed by atoms with E-state index in [2.05, 4.69) is 5.43 Å². The Balaban J connectivity index is 1.53. The van der Waals surface area contributed by atoms with Crippen LogP contribution in [0, 0.1) is 5.82 Å². The highest BCUT2D eigenvalue weighted by atomic mass is 35.5. The van der Waals surface area contributed by atoms with E-state index in [4.69, 9.17) is 45.4 Å². The average molecular weight is 481 g/mol. The number of carbonyl (C=O) groups excluding carboxylic acids is 1. The molecule has 9 heteroatoms. The number of nitrogens with zero attached hydrogens (tertiary/aromatic N) is 1. The van der Waals surface area contributed by atoms with E-state index in [9.17, 15) is 9.18 Å². The number of amides is 1. The van der Waals surface area contributed by atoms with Crippen LogP contribution in [0.4, 0.5) is 10.1 Å². The zero-order valence-corrected chi connectivity index (χ0v) is 18.4. The van der Waals surface area contributed by atoms with E-state index >= 15 is 0 Å². The molecule has 5 nitrogen and oxygen atoms in total. The number of benzene rings is 3. The SMILES string of the molecule is NNc1cc(Cl)c(Oc2ccc3c(c2)CCN(Cc2ccc(F)c(Cl)c2)C3=O)c(Cl)c1. The number of hydrogen-bond acceptors (Lipinski definition) is 4. The Morgan fingerprint density at radius 2 is 1.77 bits per heavy atom. The summed E-state index contributed by atoms with van der Waals surface area (Å²) >= 11 is 18.3. The summed E-state index contributed by atoms with van der Waals surface area (Å²) in [4.78, 5) is 14.6. The van der Waals surface area contributed by atoms with Crippen LogP contribution < -0.4 is 16.0 Å². The average Bonchev–Trinajstić information content (AvgIpc) is 2.75. The topological polar surface area (TPSA) is 67.6 Å². The summed E-state index contributed by atoms with van der Waals surface area (Å²) in [6, 6.07) is 12.9. The van der Waals surface area contributed by atoms with Gasteiger partial charge in [-0.25, -0.2) is 4.39 Å². The summed E-state index contributed by atoms with van der Waals surface area (Å²) in [5.41, 5.74) is 5.26. The van der Waals surface area contributed by atoms with Crippen LogP contribution in [0.5, 0.6) is 11.5 Å². The summed E-state index contributed by atoms with van der Waals surface area (Å²) in [5, 5.41) is 0.647. The van der Waals surface area contributed by atoms with Gasteiger partial charge in [0.05, 0.1) is 20.8 Å². The third-order valence-corrected chi connectivity index (χ3v) is 5.84. The molecular formula is C22H17Cl3FN3O2. The van der Waals surface area contributed by atoms with Crippen molar-refractivity contribution in [2.45, 2.75) is 13.0 Å². The number of carbonyl (C=O) groups is 1. The summed E-state index contributed by atoms with van der Waals surface area (Å²) < 4.78 is 19.3. The number of nitrogen functional groups attached to an aromatic ring is 1. The van der Waals surface area contributed by atoms with Gasteiger partial charge in [-0.05, 0) is 60.0 Å². The predicted molar refractivity (Wildman–Crippen MR) is 121 cm³/mol. The second kappa shape index (κ2) is 8.93. The van der Waals surface area contributed by atoms with Crippen molar-refractivity contribution >= 4 is 46.4 Å². The van der Waals surface area contributed by atoms with Gasteiger partial charge in [-0.15, -0.1) is 0 Å². The molecule has 3 aromatic rings. The highest BCUT2D eigenvalue weighted by molar-refractivity contribution is 6.37. The molecule has 0 spiro atoms. The van der Waals surface area contributed by atoms with Crippen LogP contribution in [0.25, 0.3) is 0 Å². The molecule has 0 unspecified atom stereocenters. The number of nitrogens with one attached hydrogen (secondary N) is 1. The van der Waals surface area contributed by atoms with Gasteiger partial charge in [-0.1, -0.05) is 40.9 Å². The van der Waals surface area contributed by atoms with Gasteiger partial charge in [0, 0.05) is 18.7 Å². The van der Waals surface area contributed by atoms with Gasteiger partial charge in [-0.2, -0.15) is 0 Å². The molecule has 1 heterocycles. The van der Waals surface area contributed by atoms with Crippen molar-refractivity contribution in [1.82, 2.24) is 4.90 Å². The van der Waals surface area contributed by atoms with Crippen molar-refractivity contribution in [3.8, 4) is 11.5 Å².